The molecular weight excluding hydrogens is 542 g/mol. The number of halogens is 5. The molecule has 1 unspecified atom stereocenters. The van der Waals surface area contributed by atoms with Crippen molar-refractivity contribution in [2.24, 2.45) is 0 Å². The van der Waals surface area contributed by atoms with Gasteiger partial charge >= 0.3 is 6.18 Å². The Morgan fingerprint density at radius 1 is 1.08 bits per heavy atom. The van der Waals surface area contributed by atoms with Crippen molar-refractivity contribution in [1.82, 2.24) is 10.2 Å². The van der Waals surface area contributed by atoms with Gasteiger partial charge in [-0.3, -0.25) is 13.9 Å². The van der Waals surface area contributed by atoms with Crippen LogP contribution in [0.5, 0.6) is 0 Å². The van der Waals surface area contributed by atoms with Crippen LogP contribution >= 0.6 is 23.2 Å². The van der Waals surface area contributed by atoms with E-state index in [0.717, 1.165) is 29.4 Å². The highest BCUT2D eigenvalue weighted by molar-refractivity contribution is 7.92. The fourth-order valence-corrected chi connectivity index (χ4v) is 4.64. The summed E-state index contributed by atoms with van der Waals surface area (Å²) in [6.45, 7) is 2.54. The summed E-state index contributed by atoms with van der Waals surface area (Å²) in [4.78, 5) is 27.2. The van der Waals surface area contributed by atoms with Crippen LogP contribution in [0.4, 0.5) is 18.9 Å². The number of carbonyl (C=O) groups is 2. The monoisotopic (exact) mass is 567 g/mol. The third kappa shape index (κ3) is 7.75. The molecule has 2 rings (SSSR count). The first kappa shape index (κ1) is 29.7. The van der Waals surface area contributed by atoms with Crippen LogP contribution in [-0.4, -0.2) is 50.5 Å². The van der Waals surface area contributed by atoms with Gasteiger partial charge in [0.1, 0.15) is 12.6 Å². The smallest absolute Gasteiger partial charge is 0.354 e. The highest BCUT2D eigenvalue weighted by Gasteiger charge is 2.34. The van der Waals surface area contributed by atoms with Gasteiger partial charge in [-0.05, 0) is 43.7 Å². The Bertz CT molecular complexity index is 1190. The van der Waals surface area contributed by atoms with Gasteiger partial charge in [0.15, 0.2) is 0 Å². The molecule has 198 valence electrons. The van der Waals surface area contributed by atoms with Gasteiger partial charge in [0.2, 0.25) is 21.8 Å². The Labute approximate surface area is 218 Å². The van der Waals surface area contributed by atoms with E-state index in [-0.39, 0.29) is 22.3 Å². The number of rotatable bonds is 10. The molecular formula is C23H26Cl2F3N3O4S. The highest BCUT2D eigenvalue weighted by Crippen LogP contribution is 2.32. The molecule has 0 aliphatic heterocycles. The third-order valence-electron chi connectivity index (χ3n) is 5.25. The van der Waals surface area contributed by atoms with Crippen LogP contribution in [0.2, 0.25) is 10.0 Å². The predicted octanol–water partition coefficient (Wildman–Crippen LogP) is 4.72. The van der Waals surface area contributed by atoms with Gasteiger partial charge in [-0.1, -0.05) is 42.3 Å². The molecule has 0 radical (unpaired) electrons. The fraction of sp³-hybridized carbons (Fsp3) is 0.391. The van der Waals surface area contributed by atoms with Crippen LogP contribution in [0.25, 0.3) is 0 Å². The average Bonchev–Trinajstić information content (AvgIpc) is 2.79. The standard InChI is InChI=1S/C23H26Cl2F3N3O4S/c1-4-11-29-22(33)15(2)30(13-18-19(24)9-6-10-20(18)25)21(32)14-31(36(3,34)35)17-8-5-7-16(12-17)23(26,27)28/h5-10,12,15H,4,11,13-14H2,1-3H3,(H,29,33). The van der Waals surface area contributed by atoms with Crippen LogP contribution in [0.3, 0.4) is 0 Å². The van der Waals surface area contributed by atoms with Crippen molar-refractivity contribution in [2.75, 3.05) is 23.7 Å². The maximum Gasteiger partial charge on any atom is 0.416 e. The Morgan fingerprint density at radius 3 is 2.19 bits per heavy atom. The molecule has 0 heterocycles. The zero-order valence-electron chi connectivity index (χ0n) is 19.8. The lowest BCUT2D eigenvalue weighted by Gasteiger charge is -2.32. The number of alkyl halides is 3. The first-order valence-electron chi connectivity index (χ1n) is 10.8. The Balaban J connectivity index is 2.48. The van der Waals surface area contributed by atoms with Crippen molar-refractivity contribution in [3.8, 4) is 0 Å². The lowest BCUT2D eigenvalue weighted by atomic mass is 10.1. The molecule has 0 saturated carbocycles. The van der Waals surface area contributed by atoms with Gasteiger partial charge in [0.25, 0.3) is 0 Å². The van der Waals surface area contributed by atoms with E-state index >= 15 is 0 Å². The summed E-state index contributed by atoms with van der Waals surface area (Å²) in [5, 5.41) is 3.11. The lowest BCUT2D eigenvalue weighted by Crippen LogP contribution is -2.51. The molecule has 36 heavy (non-hydrogen) atoms. The van der Waals surface area contributed by atoms with Crippen LogP contribution < -0.4 is 9.62 Å². The number of carbonyl (C=O) groups excluding carboxylic acids is 2. The molecule has 0 saturated heterocycles. The first-order chi connectivity index (χ1) is 16.7. The third-order valence-corrected chi connectivity index (χ3v) is 7.10. The maximum atomic E-state index is 13.4. The number of amides is 2. The number of hydrogen-bond donors (Lipinski definition) is 1. The van der Waals surface area contributed by atoms with E-state index in [0.29, 0.717) is 28.9 Å². The van der Waals surface area contributed by atoms with Crippen LogP contribution in [0, 0.1) is 0 Å². The highest BCUT2D eigenvalue weighted by atomic mass is 35.5. The number of hydrogen-bond acceptors (Lipinski definition) is 4. The zero-order chi connectivity index (χ0) is 27.3. The maximum absolute atomic E-state index is 13.4. The molecule has 2 amide bonds. The molecule has 1 atom stereocenters. The van der Waals surface area contributed by atoms with Gasteiger partial charge in [-0.15, -0.1) is 0 Å². The molecule has 0 bridgehead atoms. The molecule has 2 aromatic carbocycles. The van der Waals surface area contributed by atoms with Crippen molar-refractivity contribution in [3.05, 3.63) is 63.6 Å². The van der Waals surface area contributed by atoms with Crippen LogP contribution in [-0.2, 0) is 32.3 Å². The van der Waals surface area contributed by atoms with Crippen molar-refractivity contribution in [3.63, 3.8) is 0 Å². The van der Waals surface area contributed by atoms with Gasteiger partial charge in [-0.25, -0.2) is 8.42 Å². The molecule has 2 aromatic rings. The SMILES string of the molecule is CCCNC(=O)C(C)N(Cc1c(Cl)cccc1Cl)C(=O)CN(c1cccc(C(F)(F)F)c1)S(C)(=O)=O. The van der Waals surface area contributed by atoms with Crippen LogP contribution in [0.1, 0.15) is 31.4 Å². The van der Waals surface area contributed by atoms with E-state index in [1.54, 1.807) is 18.2 Å². The quantitative estimate of drug-likeness (QED) is 0.450. The molecule has 0 aliphatic rings. The van der Waals surface area contributed by atoms with E-state index in [9.17, 15) is 31.2 Å². The summed E-state index contributed by atoms with van der Waals surface area (Å²) in [7, 11) is -4.19. The van der Waals surface area contributed by atoms with Gasteiger partial charge in [0, 0.05) is 28.7 Å². The Kier molecular flexibility index (Phi) is 10.0. The van der Waals surface area contributed by atoms with E-state index in [4.69, 9.17) is 23.2 Å². The summed E-state index contributed by atoms with van der Waals surface area (Å²) < 4.78 is 65.2. The number of nitrogens with zero attached hydrogens (tertiary/aromatic N) is 2. The van der Waals surface area contributed by atoms with E-state index < -0.39 is 46.2 Å². The molecule has 7 nitrogen and oxygen atoms in total. The van der Waals surface area contributed by atoms with Gasteiger partial charge in [0.05, 0.1) is 17.5 Å². The van der Waals surface area contributed by atoms with Crippen molar-refractivity contribution in [1.29, 1.82) is 0 Å². The Hall–Kier alpha value is -2.50. The lowest BCUT2D eigenvalue weighted by molar-refractivity contribution is -0.139. The molecule has 0 aromatic heterocycles. The summed E-state index contributed by atoms with van der Waals surface area (Å²) >= 11 is 12.5. The summed E-state index contributed by atoms with van der Waals surface area (Å²) in [5.41, 5.74) is -1.10. The van der Waals surface area contributed by atoms with Crippen molar-refractivity contribution < 1.29 is 31.2 Å². The summed E-state index contributed by atoms with van der Waals surface area (Å²) in [6.07, 6.45) is -3.31. The molecule has 13 heteroatoms. The van der Waals surface area contributed by atoms with Crippen molar-refractivity contribution in [2.45, 2.75) is 39.0 Å². The first-order valence-corrected chi connectivity index (χ1v) is 13.4. The van der Waals surface area contributed by atoms with Crippen molar-refractivity contribution >= 4 is 50.7 Å². The minimum Gasteiger partial charge on any atom is -0.354 e. The molecule has 0 aliphatic carbocycles. The number of sulfonamides is 1. The van der Waals surface area contributed by atoms with Gasteiger partial charge in [-0.2, -0.15) is 13.2 Å². The minimum atomic E-state index is -4.72. The second-order valence-electron chi connectivity index (χ2n) is 8.01. The fourth-order valence-electron chi connectivity index (χ4n) is 3.28. The second kappa shape index (κ2) is 12.2. The molecule has 0 fully saturated rings. The van der Waals surface area contributed by atoms with Gasteiger partial charge < -0.3 is 10.2 Å². The largest absolute Gasteiger partial charge is 0.416 e. The van der Waals surface area contributed by atoms with E-state index in [2.05, 4.69) is 5.32 Å². The number of anilines is 1. The summed E-state index contributed by atoms with van der Waals surface area (Å²) in [5.74, 6) is -1.34. The van der Waals surface area contributed by atoms with Crippen LogP contribution in [0.15, 0.2) is 42.5 Å². The number of nitrogens with one attached hydrogen (secondary N) is 1. The molecule has 0 spiro atoms. The molecule has 1 N–H and O–H groups in total. The summed E-state index contributed by atoms with van der Waals surface area (Å²) in [6, 6.07) is 7.23. The normalized spacial score (nSPS) is 12.7. The average molecular weight is 568 g/mol. The van der Waals surface area contributed by atoms with E-state index in [1.165, 1.54) is 6.92 Å². The Morgan fingerprint density at radius 2 is 1.67 bits per heavy atom. The zero-order valence-corrected chi connectivity index (χ0v) is 22.1. The number of benzene rings is 2. The second-order valence-corrected chi connectivity index (χ2v) is 10.7. The topological polar surface area (TPSA) is 86.8 Å². The predicted molar refractivity (Wildman–Crippen MR) is 133 cm³/mol. The van der Waals surface area contributed by atoms with E-state index in [1.807, 2.05) is 6.92 Å². The minimum absolute atomic E-state index is 0.222.